The first-order valence-electron chi connectivity index (χ1n) is 16.6. The van der Waals surface area contributed by atoms with E-state index in [1.54, 1.807) is 4.90 Å². The average Bonchev–Trinajstić information content (AvgIpc) is 3.03. The summed E-state index contributed by atoms with van der Waals surface area (Å²) in [5, 5.41) is 13.0. The third-order valence-electron chi connectivity index (χ3n) is 8.67. The van der Waals surface area contributed by atoms with Gasteiger partial charge < -0.3 is 20.1 Å². The number of carbonyl (C=O) groups excluding carboxylic acids is 2. The van der Waals surface area contributed by atoms with Gasteiger partial charge in [-0.2, -0.15) is 0 Å². The van der Waals surface area contributed by atoms with Crippen molar-refractivity contribution in [3.05, 3.63) is 119 Å². The van der Waals surface area contributed by atoms with Gasteiger partial charge in [0.15, 0.2) is 0 Å². The third kappa shape index (κ3) is 8.51. The Morgan fingerprint density at radius 3 is 2.06 bits per heavy atom. The van der Waals surface area contributed by atoms with Crippen LogP contribution in [-0.2, 0) is 32.6 Å². The van der Waals surface area contributed by atoms with Crippen LogP contribution in [0.25, 0.3) is 11.1 Å². The number of aliphatic carboxylic acids is 1. The lowest BCUT2D eigenvalue weighted by atomic mass is 9.87. The molecule has 5 rings (SSSR count). The van der Waals surface area contributed by atoms with Crippen LogP contribution in [0.5, 0.6) is 11.5 Å². The lowest BCUT2D eigenvalue weighted by Crippen LogP contribution is -2.51. The number of rotatable bonds is 9. The Labute approximate surface area is 284 Å². The van der Waals surface area contributed by atoms with E-state index >= 15 is 0 Å². The summed E-state index contributed by atoms with van der Waals surface area (Å²) in [6.07, 6.45) is 0.920. The van der Waals surface area contributed by atoms with Gasteiger partial charge >= 0.3 is 5.97 Å². The van der Waals surface area contributed by atoms with E-state index in [-0.39, 0.29) is 29.6 Å². The minimum absolute atomic E-state index is 0.00735. The molecule has 0 aliphatic carbocycles. The minimum atomic E-state index is -1.19. The monoisotopic (exact) mass is 646 g/mol. The summed E-state index contributed by atoms with van der Waals surface area (Å²) in [6, 6.07) is 29.0. The Balaban J connectivity index is 1.41. The van der Waals surface area contributed by atoms with Crippen molar-refractivity contribution >= 4 is 17.8 Å². The first-order chi connectivity index (χ1) is 22.7. The Bertz CT molecular complexity index is 1750. The highest BCUT2D eigenvalue weighted by Gasteiger charge is 2.38. The SMILES string of the molecule is CC(C)(C)CC(=O)N1CCc2ccc(Oc3ccc(C(C)(C)C)cc3)cc2C1C(=O)N[C@@H](Cc1ccc(-c2ccccc2)cc1)C(=O)O. The zero-order valence-electron chi connectivity index (χ0n) is 28.7. The molecule has 1 heterocycles. The van der Waals surface area contributed by atoms with Crippen molar-refractivity contribution in [3.8, 4) is 22.6 Å². The maximum atomic E-state index is 14.2. The lowest BCUT2D eigenvalue weighted by Gasteiger charge is -2.38. The highest BCUT2D eigenvalue weighted by molar-refractivity contribution is 5.92. The summed E-state index contributed by atoms with van der Waals surface area (Å²) in [6.45, 7) is 12.8. The Morgan fingerprint density at radius 1 is 0.833 bits per heavy atom. The molecule has 7 nitrogen and oxygen atoms in total. The predicted molar refractivity (Wildman–Crippen MR) is 189 cm³/mol. The van der Waals surface area contributed by atoms with Gasteiger partial charge in [-0.25, -0.2) is 4.79 Å². The number of hydrogen-bond acceptors (Lipinski definition) is 4. The van der Waals surface area contributed by atoms with Gasteiger partial charge in [0.2, 0.25) is 11.8 Å². The molecule has 250 valence electrons. The quantitative estimate of drug-likeness (QED) is 0.192. The summed E-state index contributed by atoms with van der Waals surface area (Å²) in [4.78, 5) is 41.9. The van der Waals surface area contributed by atoms with Gasteiger partial charge in [-0.15, -0.1) is 0 Å². The van der Waals surface area contributed by atoms with Crippen molar-refractivity contribution in [2.75, 3.05) is 6.54 Å². The predicted octanol–water partition coefficient (Wildman–Crippen LogP) is 8.12. The summed E-state index contributed by atoms with van der Waals surface area (Å²) in [5.74, 6) is -0.632. The van der Waals surface area contributed by atoms with Crippen molar-refractivity contribution in [1.29, 1.82) is 0 Å². The van der Waals surface area contributed by atoms with Crippen LogP contribution < -0.4 is 10.1 Å². The van der Waals surface area contributed by atoms with Crippen LogP contribution in [-0.4, -0.2) is 40.4 Å². The van der Waals surface area contributed by atoms with Gasteiger partial charge in [0, 0.05) is 19.4 Å². The zero-order valence-corrected chi connectivity index (χ0v) is 28.7. The first-order valence-corrected chi connectivity index (χ1v) is 16.6. The third-order valence-corrected chi connectivity index (χ3v) is 8.67. The van der Waals surface area contributed by atoms with Crippen molar-refractivity contribution in [2.24, 2.45) is 5.41 Å². The number of carbonyl (C=O) groups is 3. The van der Waals surface area contributed by atoms with E-state index in [9.17, 15) is 19.5 Å². The number of carboxylic acid groups (broad SMARTS) is 1. The first kappa shape index (κ1) is 34.4. The molecule has 0 aromatic heterocycles. The van der Waals surface area contributed by atoms with Gasteiger partial charge in [-0.1, -0.05) is 114 Å². The number of carboxylic acids is 1. The number of hydrogen-bond donors (Lipinski definition) is 2. The molecule has 4 aromatic rings. The Hall–Kier alpha value is -4.91. The van der Waals surface area contributed by atoms with Crippen LogP contribution in [0.2, 0.25) is 0 Å². The highest BCUT2D eigenvalue weighted by Crippen LogP contribution is 2.36. The molecule has 7 heteroatoms. The van der Waals surface area contributed by atoms with Crippen molar-refractivity contribution < 1.29 is 24.2 Å². The van der Waals surface area contributed by atoms with Crippen LogP contribution in [0.15, 0.2) is 97.1 Å². The smallest absolute Gasteiger partial charge is 0.326 e. The molecule has 0 spiro atoms. The molecule has 0 saturated carbocycles. The van der Waals surface area contributed by atoms with E-state index < -0.39 is 24.0 Å². The van der Waals surface area contributed by atoms with E-state index in [4.69, 9.17) is 4.74 Å². The van der Waals surface area contributed by atoms with Gasteiger partial charge in [0.1, 0.15) is 23.6 Å². The lowest BCUT2D eigenvalue weighted by molar-refractivity contribution is -0.146. The summed E-state index contributed by atoms with van der Waals surface area (Å²) >= 11 is 0. The zero-order chi connectivity index (χ0) is 34.6. The number of ether oxygens (including phenoxy) is 1. The van der Waals surface area contributed by atoms with Gasteiger partial charge in [-0.3, -0.25) is 9.59 Å². The van der Waals surface area contributed by atoms with Gasteiger partial charge in [0.05, 0.1) is 0 Å². The van der Waals surface area contributed by atoms with E-state index in [1.165, 1.54) is 5.56 Å². The fourth-order valence-corrected chi connectivity index (χ4v) is 6.07. The number of benzene rings is 4. The molecule has 2 atom stereocenters. The molecule has 0 radical (unpaired) electrons. The average molecular weight is 647 g/mol. The molecular weight excluding hydrogens is 600 g/mol. The van der Waals surface area contributed by atoms with Crippen LogP contribution in [0.4, 0.5) is 0 Å². The van der Waals surface area contributed by atoms with Gasteiger partial charge in [-0.05, 0) is 74.9 Å². The van der Waals surface area contributed by atoms with E-state index in [0.29, 0.717) is 30.0 Å². The van der Waals surface area contributed by atoms with Crippen molar-refractivity contribution in [1.82, 2.24) is 10.2 Å². The summed E-state index contributed by atoms with van der Waals surface area (Å²) in [5.41, 5.74) is 5.32. The van der Waals surface area contributed by atoms with Gasteiger partial charge in [0.25, 0.3) is 0 Å². The summed E-state index contributed by atoms with van der Waals surface area (Å²) < 4.78 is 6.23. The molecule has 0 bridgehead atoms. The highest BCUT2D eigenvalue weighted by atomic mass is 16.5. The maximum absolute atomic E-state index is 14.2. The van der Waals surface area contributed by atoms with Crippen LogP contribution in [0.1, 0.15) is 76.3 Å². The topological polar surface area (TPSA) is 95.9 Å². The number of fused-ring (bicyclic) bond motifs is 1. The number of nitrogens with zero attached hydrogens (tertiary/aromatic N) is 1. The largest absolute Gasteiger partial charge is 0.480 e. The molecule has 1 aliphatic rings. The maximum Gasteiger partial charge on any atom is 0.326 e. The molecule has 4 aromatic carbocycles. The molecule has 1 unspecified atom stereocenters. The van der Waals surface area contributed by atoms with Crippen LogP contribution in [0.3, 0.4) is 0 Å². The number of amides is 2. The summed E-state index contributed by atoms with van der Waals surface area (Å²) in [7, 11) is 0. The van der Waals surface area contributed by atoms with Crippen LogP contribution in [0, 0.1) is 5.41 Å². The standard InChI is InChI=1S/C41H46N2O5/c1-40(2,3)26-36(44)43-23-22-30-16-19-33(48-32-20-17-31(18-21-32)41(4,5)6)25-34(30)37(43)38(45)42-35(39(46)47)24-27-12-14-29(15-13-27)28-10-8-7-9-11-28/h7-21,25,35,37H,22-24,26H2,1-6H3,(H,42,45)(H,46,47)/t35-,37?/m0/s1. The number of nitrogens with one attached hydrogen (secondary N) is 1. The Kier molecular flexibility index (Phi) is 10.1. The van der Waals surface area contributed by atoms with E-state index in [1.807, 2.05) is 118 Å². The fraction of sp³-hybridized carbons (Fsp3) is 0.341. The van der Waals surface area contributed by atoms with Crippen molar-refractivity contribution in [2.45, 2.75) is 78.3 Å². The second kappa shape index (κ2) is 14.1. The van der Waals surface area contributed by atoms with Crippen molar-refractivity contribution in [3.63, 3.8) is 0 Å². The molecule has 2 N–H and O–H groups in total. The normalized spacial score (nSPS) is 15.3. The van der Waals surface area contributed by atoms with E-state index in [0.717, 1.165) is 22.3 Å². The minimum Gasteiger partial charge on any atom is -0.480 e. The molecule has 0 saturated heterocycles. The Morgan fingerprint density at radius 2 is 1.46 bits per heavy atom. The van der Waals surface area contributed by atoms with Crippen LogP contribution >= 0.6 is 0 Å². The molecule has 2 amide bonds. The molecule has 0 fully saturated rings. The fourth-order valence-electron chi connectivity index (χ4n) is 6.07. The molecule has 1 aliphatic heterocycles. The second-order valence-electron chi connectivity index (χ2n) is 14.9. The second-order valence-corrected chi connectivity index (χ2v) is 14.9. The molecule has 48 heavy (non-hydrogen) atoms. The van der Waals surface area contributed by atoms with E-state index in [2.05, 4.69) is 26.1 Å². The molecular formula is C41H46N2O5.